The van der Waals surface area contributed by atoms with Gasteiger partial charge in [-0.3, -0.25) is 4.98 Å². The molecule has 0 amide bonds. The Bertz CT molecular complexity index is 775. The zero-order valence-corrected chi connectivity index (χ0v) is 15.1. The van der Waals surface area contributed by atoms with E-state index in [-0.39, 0.29) is 0 Å². The summed E-state index contributed by atoms with van der Waals surface area (Å²) in [7, 11) is 0. The van der Waals surface area contributed by atoms with Gasteiger partial charge in [0.1, 0.15) is 0 Å². The van der Waals surface area contributed by atoms with E-state index in [0.29, 0.717) is 0 Å². The van der Waals surface area contributed by atoms with Crippen LogP contribution in [0.25, 0.3) is 11.4 Å². The highest BCUT2D eigenvalue weighted by atomic mass is 14.9. The number of rotatable bonds is 7. The van der Waals surface area contributed by atoms with Crippen LogP contribution in [-0.2, 0) is 25.7 Å². The van der Waals surface area contributed by atoms with Gasteiger partial charge in [0.25, 0.3) is 0 Å². The van der Waals surface area contributed by atoms with Gasteiger partial charge in [0.15, 0.2) is 5.82 Å². The maximum atomic E-state index is 4.58. The summed E-state index contributed by atoms with van der Waals surface area (Å²) in [5.74, 6) is 0.744. The van der Waals surface area contributed by atoms with Crippen LogP contribution in [-0.4, -0.2) is 15.0 Å². The van der Waals surface area contributed by atoms with Crippen molar-refractivity contribution in [2.45, 2.75) is 46.0 Å². The van der Waals surface area contributed by atoms with Crippen LogP contribution in [0, 0.1) is 0 Å². The summed E-state index contributed by atoms with van der Waals surface area (Å²) < 4.78 is 0. The molecule has 3 aromatic rings. The standard InChI is InChI=1S/C22H25N3/c1-3-5-19-14-24-22(25-15-19)20-11-13-21(23-16-20)12-10-18-8-6-17(4-2)7-9-18/h6-9,11,13-16H,3-5,10,12H2,1-2H3. The Morgan fingerprint density at radius 1 is 0.640 bits per heavy atom. The van der Waals surface area contributed by atoms with Gasteiger partial charge in [-0.25, -0.2) is 9.97 Å². The molecule has 3 heteroatoms. The third-order valence-corrected chi connectivity index (χ3v) is 4.43. The minimum atomic E-state index is 0.744. The van der Waals surface area contributed by atoms with E-state index in [0.717, 1.165) is 49.2 Å². The molecule has 0 N–H and O–H groups in total. The summed E-state index contributed by atoms with van der Waals surface area (Å²) in [6.45, 7) is 4.34. The second-order valence-corrected chi connectivity index (χ2v) is 6.37. The molecule has 3 nitrogen and oxygen atoms in total. The predicted molar refractivity (Wildman–Crippen MR) is 102 cm³/mol. The number of benzene rings is 1. The third kappa shape index (κ3) is 4.72. The highest BCUT2D eigenvalue weighted by molar-refractivity contribution is 5.53. The third-order valence-electron chi connectivity index (χ3n) is 4.43. The molecule has 0 aliphatic rings. The van der Waals surface area contributed by atoms with Crippen LogP contribution in [0.3, 0.4) is 0 Å². The fourth-order valence-electron chi connectivity index (χ4n) is 2.84. The van der Waals surface area contributed by atoms with Crippen molar-refractivity contribution < 1.29 is 0 Å². The van der Waals surface area contributed by atoms with Gasteiger partial charge in [-0.15, -0.1) is 0 Å². The SMILES string of the molecule is CCCc1cnc(-c2ccc(CCc3ccc(CC)cc3)nc2)nc1. The van der Waals surface area contributed by atoms with Crippen molar-refractivity contribution in [2.75, 3.05) is 0 Å². The van der Waals surface area contributed by atoms with Crippen LogP contribution in [0.2, 0.25) is 0 Å². The van der Waals surface area contributed by atoms with Crippen LogP contribution in [0.1, 0.15) is 42.7 Å². The zero-order chi connectivity index (χ0) is 17.5. The van der Waals surface area contributed by atoms with Crippen LogP contribution >= 0.6 is 0 Å². The molecule has 0 atom stereocenters. The van der Waals surface area contributed by atoms with Crippen molar-refractivity contribution in [3.8, 4) is 11.4 Å². The maximum Gasteiger partial charge on any atom is 0.160 e. The molecule has 0 aliphatic carbocycles. The number of hydrogen-bond donors (Lipinski definition) is 0. The fourth-order valence-corrected chi connectivity index (χ4v) is 2.84. The lowest BCUT2D eigenvalue weighted by Gasteiger charge is -2.05. The van der Waals surface area contributed by atoms with Gasteiger partial charge in [-0.05, 0) is 54.5 Å². The van der Waals surface area contributed by atoms with Crippen LogP contribution in [0.15, 0.2) is 55.0 Å². The van der Waals surface area contributed by atoms with Gasteiger partial charge in [0.05, 0.1) is 0 Å². The molecule has 0 saturated carbocycles. The molecule has 128 valence electrons. The zero-order valence-electron chi connectivity index (χ0n) is 15.1. The first-order chi connectivity index (χ1) is 12.3. The van der Waals surface area contributed by atoms with E-state index in [4.69, 9.17) is 0 Å². The normalized spacial score (nSPS) is 10.8. The van der Waals surface area contributed by atoms with Gasteiger partial charge in [0, 0.05) is 29.8 Å². The van der Waals surface area contributed by atoms with Gasteiger partial charge in [0.2, 0.25) is 0 Å². The minimum Gasteiger partial charge on any atom is -0.261 e. The smallest absolute Gasteiger partial charge is 0.160 e. The van der Waals surface area contributed by atoms with E-state index < -0.39 is 0 Å². The first-order valence-electron chi connectivity index (χ1n) is 9.12. The number of aromatic nitrogens is 3. The summed E-state index contributed by atoms with van der Waals surface area (Å²) in [4.78, 5) is 13.5. The molecule has 0 aliphatic heterocycles. The Morgan fingerprint density at radius 2 is 1.36 bits per heavy atom. The number of aryl methyl sites for hydroxylation is 4. The van der Waals surface area contributed by atoms with Crippen molar-refractivity contribution in [1.82, 2.24) is 15.0 Å². The number of nitrogens with zero attached hydrogens (tertiary/aromatic N) is 3. The quantitative estimate of drug-likeness (QED) is 0.622. The van der Waals surface area contributed by atoms with E-state index in [2.05, 4.69) is 65.2 Å². The van der Waals surface area contributed by atoms with Crippen LogP contribution in [0.4, 0.5) is 0 Å². The Balaban J connectivity index is 1.61. The van der Waals surface area contributed by atoms with Crippen molar-refractivity contribution in [1.29, 1.82) is 0 Å². The molecule has 25 heavy (non-hydrogen) atoms. The molecule has 0 radical (unpaired) electrons. The minimum absolute atomic E-state index is 0.744. The average Bonchev–Trinajstić information content (AvgIpc) is 2.68. The first kappa shape index (κ1) is 17.3. The second kappa shape index (κ2) is 8.52. The summed E-state index contributed by atoms with van der Waals surface area (Å²) in [6, 6.07) is 13.0. The predicted octanol–water partition coefficient (Wildman–Crippen LogP) is 4.84. The maximum absolute atomic E-state index is 4.58. The Labute approximate surface area is 150 Å². The topological polar surface area (TPSA) is 38.7 Å². The lowest BCUT2D eigenvalue weighted by molar-refractivity contribution is 0.900. The molecule has 0 spiro atoms. The largest absolute Gasteiger partial charge is 0.261 e. The highest BCUT2D eigenvalue weighted by Crippen LogP contribution is 2.15. The first-order valence-corrected chi connectivity index (χ1v) is 9.12. The molecule has 3 rings (SSSR count). The Morgan fingerprint density at radius 3 is 1.96 bits per heavy atom. The number of pyridine rings is 1. The molecule has 0 bridgehead atoms. The number of hydrogen-bond acceptors (Lipinski definition) is 3. The van der Waals surface area contributed by atoms with Crippen LogP contribution in [0.5, 0.6) is 0 Å². The molecule has 0 unspecified atom stereocenters. The van der Waals surface area contributed by atoms with E-state index >= 15 is 0 Å². The van der Waals surface area contributed by atoms with Gasteiger partial charge >= 0.3 is 0 Å². The molecule has 2 aromatic heterocycles. The van der Waals surface area contributed by atoms with Crippen molar-refractivity contribution in [3.63, 3.8) is 0 Å². The average molecular weight is 331 g/mol. The molecule has 0 saturated heterocycles. The monoisotopic (exact) mass is 331 g/mol. The summed E-state index contributed by atoms with van der Waals surface area (Å²) >= 11 is 0. The second-order valence-electron chi connectivity index (χ2n) is 6.37. The van der Waals surface area contributed by atoms with E-state index in [9.17, 15) is 0 Å². The Hall–Kier alpha value is -2.55. The molecule has 2 heterocycles. The van der Waals surface area contributed by atoms with Crippen molar-refractivity contribution >= 4 is 0 Å². The molecular weight excluding hydrogens is 306 g/mol. The van der Waals surface area contributed by atoms with Crippen LogP contribution < -0.4 is 0 Å². The van der Waals surface area contributed by atoms with E-state index in [1.165, 1.54) is 16.7 Å². The molecule has 0 fully saturated rings. The summed E-state index contributed by atoms with van der Waals surface area (Å²) in [5.41, 5.74) is 6.00. The summed E-state index contributed by atoms with van der Waals surface area (Å²) in [6.07, 6.45) is 10.9. The Kier molecular flexibility index (Phi) is 5.89. The van der Waals surface area contributed by atoms with Crippen molar-refractivity contribution in [3.05, 3.63) is 77.4 Å². The van der Waals surface area contributed by atoms with E-state index in [1.807, 2.05) is 18.6 Å². The van der Waals surface area contributed by atoms with Crippen molar-refractivity contribution in [2.24, 2.45) is 0 Å². The lowest BCUT2D eigenvalue weighted by atomic mass is 10.0. The highest BCUT2D eigenvalue weighted by Gasteiger charge is 2.03. The van der Waals surface area contributed by atoms with E-state index in [1.54, 1.807) is 0 Å². The van der Waals surface area contributed by atoms with Gasteiger partial charge in [-0.1, -0.05) is 44.5 Å². The molecular formula is C22H25N3. The summed E-state index contributed by atoms with van der Waals surface area (Å²) in [5, 5.41) is 0. The lowest BCUT2D eigenvalue weighted by Crippen LogP contribution is -1.97. The van der Waals surface area contributed by atoms with Gasteiger partial charge < -0.3 is 0 Å². The van der Waals surface area contributed by atoms with Gasteiger partial charge in [-0.2, -0.15) is 0 Å². The fraction of sp³-hybridized carbons (Fsp3) is 0.318. The molecule has 1 aromatic carbocycles.